The molecule has 236 valence electrons. The number of para-hydroxylation sites is 1. The van der Waals surface area contributed by atoms with Gasteiger partial charge in [-0.1, -0.05) is 98.3 Å². The number of benzene rings is 3. The van der Waals surface area contributed by atoms with E-state index in [2.05, 4.69) is 5.32 Å². The molecular weight excluding hydrogens is 617 g/mol. The van der Waals surface area contributed by atoms with Crippen LogP contribution in [0.1, 0.15) is 69.1 Å². The normalized spacial score (nSPS) is 14.6. The van der Waals surface area contributed by atoms with E-state index in [-0.39, 0.29) is 23.4 Å². The smallest absolute Gasteiger partial charge is 0.264 e. The van der Waals surface area contributed by atoms with Crippen LogP contribution in [0, 0.1) is 6.92 Å². The van der Waals surface area contributed by atoms with Crippen LogP contribution in [0.15, 0.2) is 71.6 Å². The van der Waals surface area contributed by atoms with Crippen LogP contribution in [-0.2, 0) is 32.6 Å². The number of nitrogens with one attached hydrogen (secondary N) is 1. The number of carbonyl (C=O) groups excluding carboxylic acids is 2. The van der Waals surface area contributed by atoms with Crippen molar-refractivity contribution in [2.75, 3.05) is 10.8 Å². The van der Waals surface area contributed by atoms with Gasteiger partial charge in [0.25, 0.3) is 10.0 Å². The number of rotatable bonds is 12. The van der Waals surface area contributed by atoms with E-state index >= 15 is 0 Å². The molecule has 0 heterocycles. The Morgan fingerprint density at radius 2 is 1.55 bits per heavy atom. The van der Waals surface area contributed by atoms with Crippen LogP contribution in [-0.4, -0.2) is 43.8 Å². The fourth-order valence-electron chi connectivity index (χ4n) is 5.72. The largest absolute Gasteiger partial charge is 0.352 e. The molecule has 1 aliphatic rings. The molecule has 3 aromatic carbocycles. The molecule has 4 rings (SSSR count). The van der Waals surface area contributed by atoms with Crippen LogP contribution in [0.3, 0.4) is 0 Å². The fourth-order valence-corrected chi connectivity index (χ4v) is 7.69. The molecule has 1 fully saturated rings. The SMILES string of the molecule is CCc1ccccc1N(CC(=O)N(Cc1c(Cl)cccc1Cl)[C@H](CC)C(=O)NC1CCCCC1)S(=O)(=O)c1ccc(C)cc1. The van der Waals surface area contributed by atoms with Crippen molar-refractivity contribution in [3.05, 3.63) is 93.5 Å². The number of aryl methyl sites for hydroxylation is 2. The lowest BCUT2D eigenvalue weighted by atomic mass is 9.95. The summed E-state index contributed by atoms with van der Waals surface area (Å²) in [6.07, 6.45) is 5.90. The van der Waals surface area contributed by atoms with Crippen molar-refractivity contribution in [1.82, 2.24) is 10.2 Å². The first-order valence-corrected chi connectivity index (χ1v) is 17.5. The summed E-state index contributed by atoms with van der Waals surface area (Å²) >= 11 is 13.1. The molecule has 0 saturated heterocycles. The summed E-state index contributed by atoms with van der Waals surface area (Å²) in [5.41, 5.74) is 2.60. The van der Waals surface area contributed by atoms with Crippen LogP contribution in [0.4, 0.5) is 5.69 Å². The molecule has 1 atom stereocenters. The zero-order chi connectivity index (χ0) is 31.9. The van der Waals surface area contributed by atoms with Crippen LogP contribution in [0.25, 0.3) is 0 Å². The van der Waals surface area contributed by atoms with E-state index in [4.69, 9.17) is 23.2 Å². The van der Waals surface area contributed by atoms with Crippen molar-refractivity contribution in [3.63, 3.8) is 0 Å². The standard InChI is InChI=1S/C34H41Cl2N3O4S/c1-4-25-12-9-10-17-32(25)39(44(42,43)27-20-18-24(3)19-21-27)23-33(40)38(22-28-29(35)15-11-16-30(28)36)31(5-2)34(41)37-26-13-7-6-8-14-26/h9-12,15-21,26,31H,4-8,13-14,22-23H2,1-3H3,(H,37,41)/t31-/m1/s1. The number of sulfonamides is 1. The minimum absolute atomic E-state index is 0.0426. The molecule has 44 heavy (non-hydrogen) atoms. The number of anilines is 1. The summed E-state index contributed by atoms with van der Waals surface area (Å²) in [6.45, 7) is 5.09. The molecule has 0 unspecified atom stereocenters. The maximum absolute atomic E-state index is 14.4. The third-order valence-corrected chi connectivity index (χ3v) is 10.7. The monoisotopic (exact) mass is 657 g/mol. The first-order valence-electron chi connectivity index (χ1n) is 15.3. The highest BCUT2D eigenvalue weighted by Crippen LogP contribution is 2.30. The molecule has 0 radical (unpaired) electrons. The Balaban J connectivity index is 1.77. The van der Waals surface area contributed by atoms with Gasteiger partial charge in [-0.25, -0.2) is 8.42 Å². The molecule has 1 saturated carbocycles. The van der Waals surface area contributed by atoms with Crippen molar-refractivity contribution in [1.29, 1.82) is 0 Å². The molecular formula is C34H41Cl2N3O4S. The number of hydrogen-bond donors (Lipinski definition) is 1. The molecule has 1 N–H and O–H groups in total. The van der Waals surface area contributed by atoms with Gasteiger partial charge in [-0.3, -0.25) is 13.9 Å². The van der Waals surface area contributed by atoms with Gasteiger partial charge >= 0.3 is 0 Å². The summed E-state index contributed by atoms with van der Waals surface area (Å²) in [5.74, 6) is -0.800. The Hall–Kier alpha value is -3.07. The third kappa shape index (κ3) is 7.95. The molecule has 7 nitrogen and oxygen atoms in total. The van der Waals surface area contributed by atoms with Gasteiger partial charge in [0.05, 0.1) is 10.6 Å². The summed E-state index contributed by atoms with van der Waals surface area (Å²) in [7, 11) is -4.16. The second-order valence-corrected chi connectivity index (χ2v) is 14.0. The van der Waals surface area contributed by atoms with Crippen LogP contribution in [0.5, 0.6) is 0 Å². The highest BCUT2D eigenvalue weighted by molar-refractivity contribution is 7.92. The van der Waals surface area contributed by atoms with Crippen molar-refractivity contribution < 1.29 is 18.0 Å². The summed E-state index contributed by atoms with van der Waals surface area (Å²) in [6, 6.07) is 18.0. The van der Waals surface area contributed by atoms with Gasteiger partial charge in [-0.2, -0.15) is 0 Å². The zero-order valence-electron chi connectivity index (χ0n) is 25.6. The van der Waals surface area contributed by atoms with E-state index in [0.717, 1.165) is 47.5 Å². The Labute approximate surface area is 271 Å². The maximum atomic E-state index is 14.4. The van der Waals surface area contributed by atoms with Gasteiger partial charge in [-0.15, -0.1) is 0 Å². The van der Waals surface area contributed by atoms with Crippen LogP contribution < -0.4 is 9.62 Å². The lowest BCUT2D eigenvalue weighted by molar-refractivity contribution is -0.140. The van der Waals surface area contributed by atoms with Gasteiger partial charge in [0.1, 0.15) is 12.6 Å². The van der Waals surface area contributed by atoms with E-state index in [9.17, 15) is 18.0 Å². The minimum atomic E-state index is -4.16. The maximum Gasteiger partial charge on any atom is 0.264 e. The second-order valence-electron chi connectivity index (χ2n) is 11.3. The number of hydrogen-bond acceptors (Lipinski definition) is 4. The van der Waals surface area contributed by atoms with Crippen molar-refractivity contribution in [2.24, 2.45) is 0 Å². The van der Waals surface area contributed by atoms with E-state index in [1.54, 1.807) is 54.6 Å². The van der Waals surface area contributed by atoms with Gasteiger partial charge in [0, 0.05) is 28.2 Å². The first kappa shape index (κ1) is 33.8. The van der Waals surface area contributed by atoms with Crippen LogP contribution >= 0.6 is 23.2 Å². The Kier molecular flexibility index (Phi) is 11.7. The Bertz CT molecular complexity index is 1540. The quantitative estimate of drug-likeness (QED) is 0.221. The molecule has 0 aliphatic heterocycles. The molecule has 10 heteroatoms. The highest BCUT2D eigenvalue weighted by atomic mass is 35.5. The molecule has 0 aromatic heterocycles. The zero-order valence-corrected chi connectivity index (χ0v) is 27.9. The van der Waals surface area contributed by atoms with Gasteiger partial charge < -0.3 is 10.2 Å². The average molecular weight is 659 g/mol. The van der Waals surface area contributed by atoms with E-state index in [0.29, 0.717) is 34.1 Å². The van der Waals surface area contributed by atoms with Gasteiger partial charge in [0.2, 0.25) is 11.8 Å². The van der Waals surface area contributed by atoms with Crippen molar-refractivity contribution >= 4 is 50.7 Å². The van der Waals surface area contributed by atoms with Crippen molar-refractivity contribution in [2.45, 2.75) is 89.2 Å². The summed E-state index contributed by atoms with van der Waals surface area (Å²) in [5, 5.41) is 3.87. The number of halogens is 2. The summed E-state index contributed by atoms with van der Waals surface area (Å²) < 4.78 is 29.6. The Morgan fingerprint density at radius 3 is 2.16 bits per heavy atom. The molecule has 2 amide bonds. The average Bonchev–Trinajstić information content (AvgIpc) is 3.01. The number of carbonyl (C=O) groups is 2. The topological polar surface area (TPSA) is 86.8 Å². The molecule has 0 spiro atoms. The van der Waals surface area contributed by atoms with Crippen LogP contribution in [0.2, 0.25) is 10.0 Å². The predicted molar refractivity (Wildman–Crippen MR) is 178 cm³/mol. The minimum Gasteiger partial charge on any atom is -0.352 e. The summed E-state index contributed by atoms with van der Waals surface area (Å²) in [4.78, 5) is 29.7. The predicted octanol–water partition coefficient (Wildman–Crippen LogP) is 7.32. The lowest BCUT2D eigenvalue weighted by Crippen LogP contribution is -2.54. The van der Waals surface area contributed by atoms with E-state index in [1.165, 1.54) is 4.90 Å². The second kappa shape index (κ2) is 15.3. The first-order chi connectivity index (χ1) is 21.1. The van der Waals surface area contributed by atoms with Crippen molar-refractivity contribution in [3.8, 4) is 0 Å². The van der Waals surface area contributed by atoms with Gasteiger partial charge in [-0.05, 0) is 68.5 Å². The molecule has 0 bridgehead atoms. The molecule has 1 aliphatic carbocycles. The third-order valence-electron chi connectivity index (χ3n) is 8.26. The van der Waals surface area contributed by atoms with E-state index in [1.807, 2.05) is 32.9 Å². The molecule has 3 aromatic rings. The van der Waals surface area contributed by atoms with E-state index < -0.39 is 28.5 Å². The number of nitrogens with zero attached hydrogens (tertiary/aromatic N) is 2. The fraction of sp³-hybridized carbons (Fsp3) is 0.412. The highest BCUT2D eigenvalue weighted by Gasteiger charge is 2.35. The number of amides is 2. The van der Waals surface area contributed by atoms with Gasteiger partial charge in [0.15, 0.2) is 0 Å². The Morgan fingerprint density at radius 1 is 0.909 bits per heavy atom. The lowest BCUT2D eigenvalue weighted by Gasteiger charge is -2.35.